The minimum absolute atomic E-state index is 0.0336. The first-order valence-electron chi connectivity index (χ1n) is 8.59. The van der Waals surface area contributed by atoms with Crippen LogP contribution in [0.1, 0.15) is 15.9 Å². The molecule has 2 amide bonds. The van der Waals surface area contributed by atoms with E-state index < -0.39 is 11.8 Å². The molecule has 0 saturated heterocycles. The second-order valence-electron chi connectivity index (χ2n) is 5.63. The van der Waals surface area contributed by atoms with E-state index in [1.54, 1.807) is 55.7 Å². The van der Waals surface area contributed by atoms with Crippen molar-refractivity contribution in [3.8, 4) is 11.5 Å². The van der Waals surface area contributed by atoms with Crippen molar-refractivity contribution in [2.24, 2.45) is 0 Å². The first-order valence-corrected chi connectivity index (χ1v) is 9.00. The number of carbonyl (C=O) groups is 2. The normalized spacial score (nSPS) is 10.1. The number of hydrogen-bond acceptors (Lipinski definition) is 5. The van der Waals surface area contributed by atoms with Gasteiger partial charge in [0.05, 0.1) is 7.11 Å². The lowest BCUT2D eigenvalue weighted by Gasteiger charge is -2.10. The average Bonchev–Trinajstić information content (AvgIpc) is 2.75. The molecule has 0 heterocycles. The zero-order valence-electron chi connectivity index (χ0n) is 15.8. The monoisotopic (exact) mass is 411 g/mol. The second-order valence-corrected chi connectivity index (χ2v) is 6.04. The van der Waals surface area contributed by atoms with Crippen LogP contribution < -0.4 is 25.6 Å². The molecule has 0 aliphatic rings. The van der Waals surface area contributed by atoms with E-state index in [0.717, 1.165) is 11.3 Å². The van der Waals surface area contributed by atoms with Gasteiger partial charge in [-0.15, -0.1) is 0 Å². The minimum atomic E-state index is -0.434. The fraction of sp³-hybridized carbons (Fsp3) is 0.0952. The number of carbonyl (C=O) groups excluding carboxylic acids is 2. The number of ether oxygens (including phenoxy) is 2. The summed E-state index contributed by atoms with van der Waals surface area (Å²) in [6.07, 6.45) is 4.59. The van der Waals surface area contributed by atoms with Crippen molar-refractivity contribution in [1.82, 2.24) is 16.2 Å². The molecule has 0 spiro atoms. The molecule has 0 fully saturated rings. The molecule has 0 saturated carbocycles. The molecule has 2 aromatic rings. The topological polar surface area (TPSA) is 88.7 Å². The van der Waals surface area contributed by atoms with Crippen LogP contribution >= 0.6 is 12.2 Å². The van der Waals surface area contributed by atoms with Crippen molar-refractivity contribution in [3.05, 3.63) is 78.4 Å². The summed E-state index contributed by atoms with van der Waals surface area (Å²) in [6.45, 7) is 3.95. The Bertz CT molecular complexity index is 893. The highest BCUT2D eigenvalue weighted by molar-refractivity contribution is 7.80. The van der Waals surface area contributed by atoms with Crippen LogP contribution in [0.15, 0.2) is 67.3 Å². The molecule has 0 radical (unpaired) electrons. The highest BCUT2D eigenvalue weighted by Gasteiger charge is 2.07. The minimum Gasteiger partial charge on any atom is -0.497 e. The Kier molecular flexibility index (Phi) is 8.40. The van der Waals surface area contributed by atoms with Crippen molar-refractivity contribution < 1.29 is 19.1 Å². The van der Waals surface area contributed by atoms with Gasteiger partial charge in [-0.1, -0.05) is 24.8 Å². The van der Waals surface area contributed by atoms with Gasteiger partial charge in [0, 0.05) is 11.6 Å². The lowest BCUT2D eigenvalue weighted by Crippen LogP contribution is -2.48. The molecule has 3 N–H and O–H groups in total. The van der Waals surface area contributed by atoms with E-state index in [1.807, 2.05) is 12.1 Å². The van der Waals surface area contributed by atoms with Crippen LogP contribution in [0.25, 0.3) is 6.08 Å². The summed E-state index contributed by atoms with van der Waals surface area (Å²) in [5.41, 5.74) is 6.12. The highest BCUT2D eigenvalue weighted by Crippen LogP contribution is 2.12. The van der Waals surface area contributed by atoms with Crippen molar-refractivity contribution in [2.45, 2.75) is 0 Å². The Morgan fingerprint density at radius 3 is 2.31 bits per heavy atom. The molecule has 0 aliphatic carbocycles. The lowest BCUT2D eigenvalue weighted by atomic mass is 10.2. The predicted molar refractivity (Wildman–Crippen MR) is 116 cm³/mol. The zero-order chi connectivity index (χ0) is 21.1. The van der Waals surface area contributed by atoms with Crippen LogP contribution in [0.2, 0.25) is 0 Å². The van der Waals surface area contributed by atoms with E-state index in [0.29, 0.717) is 17.9 Å². The van der Waals surface area contributed by atoms with Gasteiger partial charge in [0.25, 0.3) is 5.91 Å². The van der Waals surface area contributed by atoms with Gasteiger partial charge < -0.3 is 9.47 Å². The molecule has 8 heteroatoms. The Morgan fingerprint density at radius 1 is 1.03 bits per heavy atom. The standard InChI is InChI=1S/C21H21N3O4S/c1-3-14-28-18-11-7-16(8-12-18)20(26)23-24-21(29)22-19(25)13-6-15-4-9-17(27-2)10-5-15/h3-13H,1,14H2,2H3,(H,23,26)(H2,22,24,25,29)/b13-6+. The Labute approximate surface area is 174 Å². The second kappa shape index (κ2) is 11.3. The molecule has 150 valence electrons. The summed E-state index contributed by atoms with van der Waals surface area (Å²) >= 11 is 4.99. The van der Waals surface area contributed by atoms with E-state index >= 15 is 0 Å². The molecule has 0 atom stereocenters. The molecule has 2 rings (SSSR count). The maximum Gasteiger partial charge on any atom is 0.269 e. The van der Waals surface area contributed by atoms with Gasteiger partial charge in [-0.25, -0.2) is 0 Å². The summed E-state index contributed by atoms with van der Waals surface area (Å²) in [4.78, 5) is 24.0. The molecule has 29 heavy (non-hydrogen) atoms. The number of hydrazine groups is 1. The van der Waals surface area contributed by atoms with Gasteiger partial charge in [-0.3, -0.25) is 25.8 Å². The lowest BCUT2D eigenvalue weighted by molar-refractivity contribution is -0.115. The Hall–Kier alpha value is -3.65. The Balaban J connectivity index is 1.77. The van der Waals surface area contributed by atoms with Gasteiger partial charge in [-0.05, 0) is 60.3 Å². The summed E-state index contributed by atoms with van der Waals surface area (Å²) < 4.78 is 10.4. The molecule has 0 bridgehead atoms. The Morgan fingerprint density at radius 2 is 1.69 bits per heavy atom. The molecular formula is C21H21N3O4S. The summed E-state index contributed by atoms with van der Waals surface area (Å²) in [6, 6.07) is 13.8. The van der Waals surface area contributed by atoms with Crippen LogP contribution in [0.4, 0.5) is 0 Å². The van der Waals surface area contributed by atoms with Crippen molar-refractivity contribution in [2.75, 3.05) is 13.7 Å². The van der Waals surface area contributed by atoms with Crippen molar-refractivity contribution >= 4 is 35.2 Å². The number of amides is 2. The third-order valence-corrected chi connectivity index (χ3v) is 3.76. The summed E-state index contributed by atoms with van der Waals surface area (Å²) in [7, 11) is 1.58. The summed E-state index contributed by atoms with van der Waals surface area (Å²) in [5.74, 6) is 0.509. The molecule has 0 aromatic heterocycles. The fourth-order valence-electron chi connectivity index (χ4n) is 2.12. The highest BCUT2D eigenvalue weighted by atomic mass is 32.1. The zero-order valence-corrected chi connectivity index (χ0v) is 16.6. The first-order chi connectivity index (χ1) is 14.0. The third kappa shape index (κ3) is 7.47. The van der Waals surface area contributed by atoms with Crippen LogP contribution in [0.3, 0.4) is 0 Å². The van der Waals surface area contributed by atoms with E-state index in [1.165, 1.54) is 6.08 Å². The smallest absolute Gasteiger partial charge is 0.269 e. The number of nitrogens with one attached hydrogen (secondary N) is 3. The SMILES string of the molecule is C=CCOc1ccc(C(=O)NNC(=S)NC(=O)/C=C/c2ccc(OC)cc2)cc1. The van der Waals surface area contributed by atoms with E-state index in [2.05, 4.69) is 22.7 Å². The van der Waals surface area contributed by atoms with Crippen LogP contribution in [-0.4, -0.2) is 30.6 Å². The van der Waals surface area contributed by atoms with E-state index in [9.17, 15) is 9.59 Å². The van der Waals surface area contributed by atoms with Gasteiger partial charge >= 0.3 is 0 Å². The van der Waals surface area contributed by atoms with E-state index in [-0.39, 0.29) is 5.11 Å². The van der Waals surface area contributed by atoms with Crippen LogP contribution in [-0.2, 0) is 4.79 Å². The van der Waals surface area contributed by atoms with Crippen molar-refractivity contribution in [3.63, 3.8) is 0 Å². The molecule has 0 unspecified atom stereocenters. The maximum atomic E-state index is 12.1. The third-order valence-electron chi connectivity index (χ3n) is 3.55. The number of thiocarbonyl (C=S) groups is 1. The molecule has 0 aliphatic heterocycles. The predicted octanol–water partition coefficient (Wildman–Crippen LogP) is 2.61. The van der Waals surface area contributed by atoms with E-state index in [4.69, 9.17) is 21.7 Å². The fourth-order valence-corrected chi connectivity index (χ4v) is 2.27. The maximum absolute atomic E-state index is 12.1. The number of methoxy groups -OCH3 is 1. The number of rotatable bonds is 7. The van der Waals surface area contributed by atoms with Gasteiger partial charge in [-0.2, -0.15) is 0 Å². The number of benzene rings is 2. The average molecular weight is 411 g/mol. The molecule has 7 nitrogen and oxygen atoms in total. The van der Waals surface area contributed by atoms with Crippen LogP contribution in [0, 0.1) is 0 Å². The van der Waals surface area contributed by atoms with Crippen molar-refractivity contribution in [1.29, 1.82) is 0 Å². The first kappa shape index (κ1) is 21.6. The summed E-state index contributed by atoms with van der Waals surface area (Å²) in [5, 5.41) is 2.40. The number of hydrogen-bond donors (Lipinski definition) is 3. The molecular weight excluding hydrogens is 390 g/mol. The molecule has 2 aromatic carbocycles. The van der Waals surface area contributed by atoms with Gasteiger partial charge in [0.2, 0.25) is 5.91 Å². The quantitative estimate of drug-likeness (QED) is 0.281. The van der Waals surface area contributed by atoms with Gasteiger partial charge in [0.1, 0.15) is 18.1 Å². The van der Waals surface area contributed by atoms with Gasteiger partial charge in [0.15, 0.2) is 5.11 Å². The largest absolute Gasteiger partial charge is 0.497 e. The van der Waals surface area contributed by atoms with Crippen LogP contribution in [0.5, 0.6) is 11.5 Å².